The minimum absolute atomic E-state index is 0.0126. The Kier molecular flexibility index (Phi) is 3.32. The predicted molar refractivity (Wildman–Crippen MR) is 67.4 cm³/mol. The molecule has 2 amide bonds. The van der Waals surface area contributed by atoms with Gasteiger partial charge in [0, 0.05) is 6.42 Å². The number of carbonyl (C=O) groups excluding carboxylic acids is 2. The maximum Gasteiger partial charge on any atom is 0.267 e. The van der Waals surface area contributed by atoms with E-state index in [0.717, 1.165) is 5.56 Å². The van der Waals surface area contributed by atoms with Crippen LogP contribution in [0.4, 0.5) is 0 Å². The van der Waals surface area contributed by atoms with Crippen molar-refractivity contribution in [2.75, 3.05) is 0 Å². The van der Waals surface area contributed by atoms with E-state index in [1.807, 2.05) is 6.92 Å². The van der Waals surface area contributed by atoms with E-state index in [0.29, 0.717) is 4.31 Å². The first-order valence-corrected chi connectivity index (χ1v) is 7.21. The Morgan fingerprint density at radius 2 is 1.89 bits per heavy atom. The third-order valence-electron chi connectivity index (χ3n) is 3.07. The molecular weight excluding hydrogens is 268 g/mol. The molecule has 0 aromatic heterocycles. The second-order valence-corrected chi connectivity index (χ2v) is 6.28. The van der Waals surface area contributed by atoms with E-state index in [-0.39, 0.29) is 17.7 Å². The molecule has 1 heterocycles. The van der Waals surface area contributed by atoms with E-state index >= 15 is 0 Å². The standard InChI is InChI=1S/C12H14N2O4S/c1-8-2-4-9(5-3-8)19(17,18)14-10(12(13)16)6-7-11(14)15/h2-5,10H,6-7H2,1H3,(H2,13,16)/t10-/m1/s1. The fourth-order valence-electron chi connectivity index (χ4n) is 2.04. The van der Waals surface area contributed by atoms with Crippen molar-refractivity contribution in [1.29, 1.82) is 0 Å². The second-order valence-electron chi connectivity index (χ2n) is 4.46. The van der Waals surface area contributed by atoms with Gasteiger partial charge in [0.2, 0.25) is 11.8 Å². The third-order valence-corrected chi connectivity index (χ3v) is 4.91. The molecule has 102 valence electrons. The Hall–Kier alpha value is -1.89. The van der Waals surface area contributed by atoms with E-state index < -0.39 is 27.9 Å². The van der Waals surface area contributed by atoms with Crippen LogP contribution >= 0.6 is 0 Å². The van der Waals surface area contributed by atoms with Crippen molar-refractivity contribution in [3.05, 3.63) is 29.8 Å². The van der Waals surface area contributed by atoms with Crippen LogP contribution in [0.25, 0.3) is 0 Å². The topological polar surface area (TPSA) is 97.5 Å². The molecular formula is C12H14N2O4S. The van der Waals surface area contributed by atoms with Gasteiger partial charge in [0.15, 0.2) is 0 Å². The largest absolute Gasteiger partial charge is 0.368 e. The first-order valence-electron chi connectivity index (χ1n) is 5.77. The van der Waals surface area contributed by atoms with Crippen molar-refractivity contribution in [3.63, 3.8) is 0 Å². The van der Waals surface area contributed by atoms with Crippen LogP contribution in [0, 0.1) is 6.92 Å². The maximum absolute atomic E-state index is 12.4. The van der Waals surface area contributed by atoms with Gasteiger partial charge in [0.05, 0.1) is 4.90 Å². The molecule has 0 spiro atoms. The Labute approximate surface area is 111 Å². The summed E-state index contributed by atoms with van der Waals surface area (Å²) in [6.07, 6.45) is 0.151. The van der Waals surface area contributed by atoms with Gasteiger partial charge in [-0.3, -0.25) is 9.59 Å². The van der Waals surface area contributed by atoms with Crippen LogP contribution in [0.3, 0.4) is 0 Å². The summed E-state index contributed by atoms with van der Waals surface area (Å²) in [5.41, 5.74) is 6.05. The smallest absolute Gasteiger partial charge is 0.267 e. The predicted octanol–water partition coefficient (Wildman–Crippen LogP) is 0.160. The number of primary amides is 1. The van der Waals surface area contributed by atoms with Crippen molar-refractivity contribution in [2.45, 2.75) is 30.7 Å². The molecule has 0 radical (unpaired) electrons. The minimum atomic E-state index is -4.02. The average molecular weight is 282 g/mol. The number of carbonyl (C=O) groups is 2. The highest BCUT2D eigenvalue weighted by molar-refractivity contribution is 7.89. The number of rotatable bonds is 3. The van der Waals surface area contributed by atoms with Crippen molar-refractivity contribution >= 4 is 21.8 Å². The highest BCUT2D eigenvalue weighted by Gasteiger charge is 2.43. The van der Waals surface area contributed by atoms with Gasteiger partial charge in [0.25, 0.3) is 10.0 Å². The SMILES string of the molecule is Cc1ccc(S(=O)(=O)N2C(=O)CC[C@@H]2C(N)=O)cc1. The molecule has 6 nitrogen and oxygen atoms in total. The van der Waals surface area contributed by atoms with Crippen molar-refractivity contribution in [2.24, 2.45) is 5.73 Å². The summed E-state index contributed by atoms with van der Waals surface area (Å²) in [4.78, 5) is 23.0. The number of nitrogens with zero attached hydrogens (tertiary/aromatic N) is 1. The number of sulfonamides is 1. The van der Waals surface area contributed by atoms with Gasteiger partial charge >= 0.3 is 0 Å². The normalized spacial score (nSPS) is 19.7. The number of aryl methyl sites for hydroxylation is 1. The molecule has 0 unspecified atom stereocenters. The highest BCUT2D eigenvalue weighted by atomic mass is 32.2. The summed E-state index contributed by atoms with van der Waals surface area (Å²) >= 11 is 0. The lowest BCUT2D eigenvalue weighted by atomic mass is 10.2. The molecule has 2 N–H and O–H groups in total. The van der Waals surface area contributed by atoms with Gasteiger partial charge in [-0.25, -0.2) is 12.7 Å². The van der Waals surface area contributed by atoms with Crippen LogP contribution in [0.1, 0.15) is 18.4 Å². The van der Waals surface area contributed by atoms with Crippen LogP contribution in [0.15, 0.2) is 29.2 Å². The average Bonchev–Trinajstić information content (AvgIpc) is 2.72. The molecule has 1 aromatic rings. The maximum atomic E-state index is 12.4. The van der Waals surface area contributed by atoms with Crippen molar-refractivity contribution in [1.82, 2.24) is 4.31 Å². The fourth-order valence-corrected chi connectivity index (χ4v) is 3.66. The first kappa shape index (κ1) is 13.5. The van der Waals surface area contributed by atoms with Gasteiger partial charge in [-0.05, 0) is 25.5 Å². The molecule has 1 aliphatic heterocycles. The second kappa shape index (κ2) is 4.65. The van der Waals surface area contributed by atoms with Gasteiger partial charge in [-0.15, -0.1) is 0 Å². The minimum Gasteiger partial charge on any atom is -0.368 e. The van der Waals surface area contributed by atoms with Crippen LogP contribution in [-0.2, 0) is 19.6 Å². The van der Waals surface area contributed by atoms with E-state index in [9.17, 15) is 18.0 Å². The molecule has 2 rings (SSSR count). The van der Waals surface area contributed by atoms with Crippen molar-refractivity contribution in [3.8, 4) is 0 Å². The molecule has 1 fully saturated rings. The summed E-state index contributed by atoms with van der Waals surface area (Å²) in [5, 5.41) is 0. The van der Waals surface area contributed by atoms with Crippen LogP contribution in [-0.4, -0.2) is 30.6 Å². The molecule has 1 atom stereocenters. The molecule has 7 heteroatoms. The van der Waals surface area contributed by atoms with Gasteiger partial charge in [-0.1, -0.05) is 17.7 Å². The molecule has 1 aliphatic rings. The van der Waals surface area contributed by atoms with E-state index in [1.54, 1.807) is 12.1 Å². The van der Waals surface area contributed by atoms with E-state index in [4.69, 9.17) is 5.73 Å². The number of hydrogen-bond donors (Lipinski definition) is 1. The molecule has 19 heavy (non-hydrogen) atoms. The monoisotopic (exact) mass is 282 g/mol. The molecule has 1 aromatic carbocycles. The Bertz CT molecular complexity index is 622. The van der Waals surface area contributed by atoms with Crippen LogP contribution in [0.5, 0.6) is 0 Å². The summed E-state index contributed by atoms with van der Waals surface area (Å²) in [7, 11) is -4.02. The van der Waals surface area contributed by atoms with E-state index in [1.165, 1.54) is 12.1 Å². The zero-order chi connectivity index (χ0) is 14.2. The number of benzene rings is 1. The van der Waals surface area contributed by atoms with Gasteiger partial charge < -0.3 is 5.73 Å². The summed E-state index contributed by atoms with van der Waals surface area (Å²) in [6.45, 7) is 1.82. The lowest BCUT2D eigenvalue weighted by molar-refractivity contribution is -0.129. The number of nitrogens with two attached hydrogens (primary N) is 1. The van der Waals surface area contributed by atoms with Crippen molar-refractivity contribution < 1.29 is 18.0 Å². The number of hydrogen-bond acceptors (Lipinski definition) is 4. The summed E-state index contributed by atoms with van der Waals surface area (Å²) in [5.74, 6) is -1.40. The molecule has 0 aliphatic carbocycles. The Morgan fingerprint density at radius 1 is 1.32 bits per heavy atom. The van der Waals surface area contributed by atoms with Crippen LogP contribution in [0.2, 0.25) is 0 Å². The zero-order valence-corrected chi connectivity index (χ0v) is 11.2. The molecule has 0 saturated carbocycles. The lowest BCUT2D eigenvalue weighted by Gasteiger charge is -2.22. The van der Waals surface area contributed by atoms with Gasteiger partial charge in [0.1, 0.15) is 6.04 Å². The quantitative estimate of drug-likeness (QED) is 0.853. The van der Waals surface area contributed by atoms with Gasteiger partial charge in [-0.2, -0.15) is 0 Å². The highest BCUT2D eigenvalue weighted by Crippen LogP contribution is 2.27. The molecule has 1 saturated heterocycles. The summed E-state index contributed by atoms with van der Waals surface area (Å²) < 4.78 is 25.3. The Morgan fingerprint density at radius 3 is 2.42 bits per heavy atom. The lowest BCUT2D eigenvalue weighted by Crippen LogP contribution is -2.45. The Balaban J connectivity index is 2.46. The number of amides is 2. The summed E-state index contributed by atoms with van der Waals surface area (Å²) in [6, 6.07) is 5.00. The third kappa shape index (κ3) is 2.33. The fraction of sp³-hybridized carbons (Fsp3) is 0.333. The van der Waals surface area contributed by atoms with E-state index in [2.05, 4.69) is 0 Å². The first-order chi connectivity index (χ1) is 8.84. The molecule has 0 bridgehead atoms. The van der Waals surface area contributed by atoms with Crippen LogP contribution < -0.4 is 5.73 Å². The zero-order valence-electron chi connectivity index (χ0n) is 10.4.